The number of rotatable bonds is 7. The molecule has 0 atom stereocenters. The molecule has 1 saturated carbocycles. The number of hydrogen-bond donors (Lipinski definition) is 2. The van der Waals surface area contributed by atoms with Crippen molar-refractivity contribution in [3.63, 3.8) is 0 Å². The predicted octanol–water partition coefficient (Wildman–Crippen LogP) is 2.47. The second-order valence-corrected chi connectivity index (χ2v) is 7.81. The maximum atomic E-state index is 12.9. The first-order chi connectivity index (χ1) is 13.6. The molecule has 152 valence electrons. The van der Waals surface area contributed by atoms with Crippen molar-refractivity contribution >= 4 is 17.3 Å². The lowest BCUT2D eigenvalue weighted by Crippen LogP contribution is -2.34. The van der Waals surface area contributed by atoms with Gasteiger partial charge in [-0.2, -0.15) is 0 Å². The van der Waals surface area contributed by atoms with Gasteiger partial charge in [-0.1, -0.05) is 31.7 Å². The van der Waals surface area contributed by atoms with Gasteiger partial charge in [0.15, 0.2) is 5.69 Å². The second-order valence-electron chi connectivity index (χ2n) is 7.81. The van der Waals surface area contributed by atoms with Crippen molar-refractivity contribution in [3.05, 3.63) is 35.9 Å². The van der Waals surface area contributed by atoms with Crippen LogP contribution in [0.15, 0.2) is 24.4 Å². The standard InChI is InChI=1S/C21H31N5O2/c1-25(2)14-9-13-22-21(28)19-24-18(17-12-7-8-15-26(17)19)20(27)23-16-10-5-3-4-6-11-16/h7-8,12,15-16H,3-6,9-11,13-14H2,1-2H3,(H,22,28)(H,23,27). The molecule has 2 amide bonds. The lowest BCUT2D eigenvalue weighted by atomic mass is 10.1. The van der Waals surface area contributed by atoms with E-state index >= 15 is 0 Å². The molecular weight excluding hydrogens is 354 g/mol. The normalized spacial score (nSPS) is 15.5. The fraction of sp³-hybridized carbons (Fsp3) is 0.571. The molecule has 3 rings (SSSR count). The first kappa shape index (κ1) is 20.3. The van der Waals surface area contributed by atoms with Crippen molar-refractivity contribution in [1.82, 2.24) is 24.9 Å². The van der Waals surface area contributed by atoms with E-state index in [1.54, 1.807) is 10.6 Å². The van der Waals surface area contributed by atoms with Crippen LogP contribution in [0, 0.1) is 0 Å². The number of amides is 2. The Hall–Kier alpha value is -2.41. The number of carbonyl (C=O) groups excluding carboxylic acids is 2. The van der Waals surface area contributed by atoms with Crippen LogP contribution >= 0.6 is 0 Å². The van der Waals surface area contributed by atoms with Gasteiger partial charge in [-0.05, 0) is 52.0 Å². The predicted molar refractivity (Wildman–Crippen MR) is 110 cm³/mol. The van der Waals surface area contributed by atoms with Crippen LogP contribution in [-0.4, -0.2) is 59.3 Å². The molecule has 1 fully saturated rings. The molecule has 2 aromatic rings. The number of hydrogen-bond acceptors (Lipinski definition) is 4. The third-order valence-corrected chi connectivity index (χ3v) is 5.22. The van der Waals surface area contributed by atoms with Gasteiger partial charge in [0.2, 0.25) is 5.82 Å². The minimum atomic E-state index is -0.256. The molecular formula is C21H31N5O2. The molecule has 0 aromatic carbocycles. The molecule has 2 heterocycles. The fourth-order valence-electron chi connectivity index (χ4n) is 3.72. The van der Waals surface area contributed by atoms with E-state index in [9.17, 15) is 9.59 Å². The molecule has 2 aromatic heterocycles. The van der Waals surface area contributed by atoms with Crippen LogP contribution in [0.3, 0.4) is 0 Å². The third kappa shape index (κ3) is 5.10. The lowest BCUT2D eigenvalue weighted by Gasteiger charge is -2.15. The molecule has 7 nitrogen and oxygen atoms in total. The summed E-state index contributed by atoms with van der Waals surface area (Å²) in [5.74, 6) is -0.192. The summed E-state index contributed by atoms with van der Waals surface area (Å²) in [5, 5.41) is 6.04. The molecule has 2 N–H and O–H groups in total. The first-order valence-electron chi connectivity index (χ1n) is 10.3. The number of pyridine rings is 1. The van der Waals surface area contributed by atoms with Crippen LogP contribution < -0.4 is 10.6 Å². The third-order valence-electron chi connectivity index (χ3n) is 5.22. The zero-order chi connectivity index (χ0) is 19.9. The van der Waals surface area contributed by atoms with Crippen LogP contribution in [-0.2, 0) is 0 Å². The van der Waals surface area contributed by atoms with Gasteiger partial charge in [0.05, 0.1) is 5.52 Å². The summed E-state index contributed by atoms with van der Waals surface area (Å²) >= 11 is 0. The Morgan fingerprint density at radius 2 is 1.89 bits per heavy atom. The molecule has 7 heteroatoms. The summed E-state index contributed by atoms with van der Waals surface area (Å²) in [6.07, 6.45) is 9.42. The lowest BCUT2D eigenvalue weighted by molar-refractivity contribution is 0.0930. The van der Waals surface area contributed by atoms with Gasteiger partial charge in [-0.15, -0.1) is 0 Å². The van der Waals surface area contributed by atoms with E-state index in [4.69, 9.17) is 0 Å². The van der Waals surface area contributed by atoms with Crippen molar-refractivity contribution in [1.29, 1.82) is 0 Å². The molecule has 28 heavy (non-hydrogen) atoms. The van der Waals surface area contributed by atoms with Crippen molar-refractivity contribution in [2.45, 2.75) is 51.0 Å². The maximum absolute atomic E-state index is 12.9. The number of imidazole rings is 1. The minimum Gasteiger partial charge on any atom is -0.349 e. The van der Waals surface area contributed by atoms with Crippen molar-refractivity contribution in [2.24, 2.45) is 0 Å². The smallest absolute Gasteiger partial charge is 0.287 e. The highest BCUT2D eigenvalue weighted by molar-refractivity contribution is 6.02. The largest absolute Gasteiger partial charge is 0.349 e. The van der Waals surface area contributed by atoms with Crippen LogP contribution in [0.5, 0.6) is 0 Å². The molecule has 1 aliphatic carbocycles. The molecule has 0 bridgehead atoms. The monoisotopic (exact) mass is 385 g/mol. The van der Waals surface area contributed by atoms with Gasteiger partial charge >= 0.3 is 0 Å². The number of nitrogens with one attached hydrogen (secondary N) is 2. The molecule has 1 aliphatic rings. The number of nitrogens with zero attached hydrogens (tertiary/aromatic N) is 3. The average molecular weight is 386 g/mol. The molecule has 0 aliphatic heterocycles. The second kappa shape index (κ2) is 9.68. The van der Waals surface area contributed by atoms with E-state index in [1.165, 1.54) is 12.8 Å². The Morgan fingerprint density at radius 3 is 2.61 bits per heavy atom. The molecule has 0 unspecified atom stereocenters. The zero-order valence-electron chi connectivity index (χ0n) is 16.9. The summed E-state index contributed by atoms with van der Waals surface area (Å²) in [4.78, 5) is 32.0. The zero-order valence-corrected chi connectivity index (χ0v) is 16.9. The minimum absolute atomic E-state index is 0.192. The molecule has 0 spiro atoms. The highest BCUT2D eigenvalue weighted by Gasteiger charge is 2.23. The van der Waals surface area contributed by atoms with Crippen molar-refractivity contribution in [2.75, 3.05) is 27.2 Å². The average Bonchev–Trinajstić information content (AvgIpc) is 2.88. The summed E-state index contributed by atoms with van der Waals surface area (Å²) < 4.78 is 1.70. The van der Waals surface area contributed by atoms with E-state index in [0.29, 0.717) is 17.8 Å². The van der Waals surface area contributed by atoms with Crippen molar-refractivity contribution < 1.29 is 9.59 Å². The van der Waals surface area contributed by atoms with E-state index < -0.39 is 0 Å². The quantitative estimate of drug-likeness (QED) is 0.567. The van der Waals surface area contributed by atoms with Gasteiger partial charge in [0.25, 0.3) is 11.8 Å². The Kier molecular flexibility index (Phi) is 7.03. The van der Waals surface area contributed by atoms with Crippen LogP contribution in [0.4, 0.5) is 0 Å². The Balaban J connectivity index is 1.74. The van der Waals surface area contributed by atoms with Gasteiger partial charge in [-0.25, -0.2) is 4.98 Å². The van der Waals surface area contributed by atoms with E-state index in [-0.39, 0.29) is 23.7 Å². The van der Waals surface area contributed by atoms with E-state index in [2.05, 4.69) is 20.5 Å². The SMILES string of the molecule is CN(C)CCCNC(=O)c1nc(C(=O)NC2CCCCCC2)c2ccccn12. The first-order valence-corrected chi connectivity index (χ1v) is 10.3. The van der Waals surface area contributed by atoms with Gasteiger partial charge in [-0.3, -0.25) is 14.0 Å². The van der Waals surface area contributed by atoms with Crippen molar-refractivity contribution in [3.8, 4) is 0 Å². The molecule has 0 radical (unpaired) electrons. The van der Waals surface area contributed by atoms with Crippen LogP contribution in [0.2, 0.25) is 0 Å². The fourth-order valence-corrected chi connectivity index (χ4v) is 3.72. The Bertz CT molecular complexity index is 806. The topological polar surface area (TPSA) is 78.7 Å². The summed E-state index contributed by atoms with van der Waals surface area (Å²) in [6.45, 7) is 1.47. The highest BCUT2D eigenvalue weighted by Crippen LogP contribution is 2.19. The highest BCUT2D eigenvalue weighted by atomic mass is 16.2. The maximum Gasteiger partial charge on any atom is 0.287 e. The summed E-state index contributed by atoms with van der Waals surface area (Å²) in [7, 11) is 4.01. The van der Waals surface area contributed by atoms with Gasteiger partial charge in [0.1, 0.15) is 0 Å². The Labute approximate surface area is 166 Å². The van der Waals surface area contributed by atoms with Crippen LogP contribution in [0.25, 0.3) is 5.52 Å². The van der Waals surface area contributed by atoms with E-state index in [1.807, 2.05) is 32.3 Å². The number of aromatic nitrogens is 2. The Morgan fingerprint density at radius 1 is 1.14 bits per heavy atom. The number of fused-ring (bicyclic) bond motifs is 1. The number of carbonyl (C=O) groups is 2. The van der Waals surface area contributed by atoms with Gasteiger partial charge < -0.3 is 15.5 Å². The van der Waals surface area contributed by atoms with Gasteiger partial charge in [0, 0.05) is 18.8 Å². The van der Waals surface area contributed by atoms with Crippen LogP contribution in [0.1, 0.15) is 66.1 Å². The molecule has 0 saturated heterocycles. The summed E-state index contributed by atoms with van der Waals surface area (Å²) in [5.41, 5.74) is 0.982. The summed E-state index contributed by atoms with van der Waals surface area (Å²) in [6, 6.07) is 5.72. The van der Waals surface area contributed by atoms with E-state index in [0.717, 1.165) is 38.6 Å².